The van der Waals surface area contributed by atoms with Crippen LogP contribution in [0.5, 0.6) is 5.75 Å². The van der Waals surface area contributed by atoms with E-state index in [2.05, 4.69) is 10.2 Å². The Balaban J connectivity index is 1.75. The SMILES string of the molecule is CN(C)CCOc1ccc(CNC(=O)C(N)Cc2ccccc2)cc1. The highest BCUT2D eigenvalue weighted by Crippen LogP contribution is 2.12. The Hall–Kier alpha value is -2.37. The van der Waals surface area contributed by atoms with E-state index in [0.717, 1.165) is 23.4 Å². The van der Waals surface area contributed by atoms with Crippen molar-refractivity contribution >= 4 is 5.91 Å². The first-order valence-corrected chi connectivity index (χ1v) is 8.48. The van der Waals surface area contributed by atoms with Crippen molar-refractivity contribution in [2.24, 2.45) is 5.73 Å². The molecule has 1 unspecified atom stereocenters. The highest BCUT2D eigenvalue weighted by atomic mass is 16.5. The van der Waals surface area contributed by atoms with Crippen LogP contribution in [0.2, 0.25) is 0 Å². The summed E-state index contributed by atoms with van der Waals surface area (Å²) >= 11 is 0. The summed E-state index contributed by atoms with van der Waals surface area (Å²) in [7, 11) is 4.02. The quantitative estimate of drug-likeness (QED) is 0.730. The minimum atomic E-state index is -0.545. The number of nitrogens with one attached hydrogen (secondary N) is 1. The Morgan fingerprint density at radius 1 is 1.08 bits per heavy atom. The second-order valence-corrected chi connectivity index (χ2v) is 6.31. The summed E-state index contributed by atoms with van der Waals surface area (Å²) in [5.41, 5.74) is 8.05. The number of nitrogens with two attached hydrogens (primary N) is 1. The molecule has 3 N–H and O–H groups in total. The number of rotatable bonds is 9. The normalized spacial score (nSPS) is 12.0. The Kier molecular flexibility index (Phi) is 7.44. The van der Waals surface area contributed by atoms with E-state index < -0.39 is 6.04 Å². The maximum Gasteiger partial charge on any atom is 0.237 e. The van der Waals surface area contributed by atoms with E-state index in [1.807, 2.05) is 68.7 Å². The molecule has 0 saturated carbocycles. The van der Waals surface area contributed by atoms with Gasteiger partial charge in [0, 0.05) is 13.1 Å². The molecule has 0 aliphatic heterocycles. The zero-order valence-electron chi connectivity index (χ0n) is 14.9. The fraction of sp³-hybridized carbons (Fsp3) is 0.350. The third kappa shape index (κ3) is 6.95. The van der Waals surface area contributed by atoms with Crippen LogP contribution in [0, 0.1) is 0 Å². The number of nitrogens with zero attached hydrogens (tertiary/aromatic N) is 1. The largest absolute Gasteiger partial charge is 0.492 e. The second-order valence-electron chi connectivity index (χ2n) is 6.31. The predicted octanol–water partition coefficient (Wildman–Crippen LogP) is 1.81. The Labute approximate surface area is 149 Å². The lowest BCUT2D eigenvalue weighted by Crippen LogP contribution is -2.41. The molecule has 1 atom stereocenters. The van der Waals surface area contributed by atoms with E-state index in [1.165, 1.54) is 0 Å². The van der Waals surface area contributed by atoms with Crippen LogP contribution in [0.1, 0.15) is 11.1 Å². The van der Waals surface area contributed by atoms with Gasteiger partial charge in [-0.25, -0.2) is 0 Å². The van der Waals surface area contributed by atoms with Gasteiger partial charge < -0.3 is 20.7 Å². The van der Waals surface area contributed by atoms with Crippen molar-refractivity contribution < 1.29 is 9.53 Å². The predicted molar refractivity (Wildman–Crippen MR) is 100 cm³/mol. The molecular weight excluding hydrogens is 314 g/mol. The molecule has 0 fully saturated rings. The zero-order valence-corrected chi connectivity index (χ0v) is 14.9. The molecule has 0 aromatic heterocycles. The van der Waals surface area contributed by atoms with Crippen LogP contribution < -0.4 is 15.8 Å². The summed E-state index contributed by atoms with van der Waals surface area (Å²) < 4.78 is 5.65. The molecule has 0 bridgehead atoms. The molecule has 1 amide bonds. The van der Waals surface area contributed by atoms with E-state index in [4.69, 9.17) is 10.5 Å². The molecule has 0 saturated heterocycles. The van der Waals surface area contributed by atoms with Gasteiger partial charge in [0.15, 0.2) is 0 Å². The Morgan fingerprint density at radius 3 is 2.40 bits per heavy atom. The molecule has 0 spiro atoms. The van der Waals surface area contributed by atoms with Crippen LogP contribution in [0.4, 0.5) is 0 Å². The topological polar surface area (TPSA) is 67.6 Å². The average molecular weight is 341 g/mol. The van der Waals surface area contributed by atoms with Crippen LogP contribution in [0.25, 0.3) is 0 Å². The van der Waals surface area contributed by atoms with Crippen molar-refractivity contribution in [1.29, 1.82) is 0 Å². The van der Waals surface area contributed by atoms with E-state index in [0.29, 0.717) is 19.6 Å². The van der Waals surface area contributed by atoms with Gasteiger partial charge in [-0.3, -0.25) is 4.79 Å². The third-order valence-electron chi connectivity index (χ3n) is 3.83. The van der Waals surface area contributed by atoms with Crippen LogP contribution in [-0.4, -0.2) is 44.1 Å². The molecule has 5 heteroatoms. The van der Waals surface area contributed by atoms with Crippen molar-refractivity contribution in [2.75, 3.05) is 27.2 Å². The molecule has 0 aliphatic carbocycles. The van der Waals surface area contributed by atoms with Crippen LogP contribution >= 0.6 is 0 Å². The van der Waals surface area contributed by atoms with Crippen molar-refractivity contribution in [3.05, 3.63) is 65.7 Å². The number of carbonyl (C=O) groups excluding carboxylic acids is 1. The van der Waals surface area contributed by atoms with Crippen molar-refractivity contribution in [3.63, 3.8) is 0 Å². The van der Waals surface area contributed by atoms with Crippen molar-refractivity contribution in [3.8, 4) is 5.75 Å². The summed E-state index contributed by atoms with van der Waals surface area (Å²) in [5, 5.41) is 2.89. The first kappa shape index (κ1) is 19.0. The number of hydrogen-bond donors (Lipinski definition) is 2. The lowest BCUT2D eigenvalue weighted by atomic mass is 10.1. The van der Waals surface area contributed by atoms with Gasteiger partial charge in [-0.05, 0) is 43.8 Å². The lowest BCUT2D eigenvalue weighted by molar-refractivity contribution is -0.122. The van der Waals surface area contributed by atoms with Gasteiger partial charge in [-0.2, -0.15) is 0 Å². The van der Waals surface area contributed by atoms with Crippen LogP contribution in [-0.2, 0) is 17.8 Å². The minimum absolute atomic E-state index is 0.143. The fourth-order valence-corrected chi connectivity index (χ4v) is 2.33. The fourth-order valence-electron chi connectivity index (χ4n) is 2.33. The van der Waals surface area contributed by atoms with Gasteiger partial charge >= 0.3 is 0 Å². The first-order valence-electron chi connectivity index (χ1n) is 8.48. The molecule has 0 heterocycles. The van der Waals surface area contributed by atoms with Crippen molar-refractivity contribution in [1.82, 2.24) is 10.2 Å². The summed E-state index contributed by atoms with van der Waals surface area (Å²) in [6.07, 6.45) is 0.533. The molecule has 2 rings (SSSR count). The monoisotopic (exact) mass is 341 g/mol. The molecule has 2 aromatic carbocycles. The number of likely N-dealkylation sites (N-methyl/N-ethyl adjacent to an activating group) is 1. The highest BCUT2D eigenvalue weighted by molar-refractivity contribution is 5.81. The first-order chi connectivity index (χ1) is 12.0. The van der Waals surface area contributed by atoms with Gasteiger partial charge in [0.1, 0.15) is 12.4 Å². The molecule has 0 aliphatic rings. The summed E-state index contributed by atoms with van der Waals surface area (Å²) in [5.74, 6) is 0.688. The van der Waals surface area contributed by atoms with Gasteiger partial charge in [-0.1, -0.05) is 42.5 Å². The molecule has 25 heavy (non-hydrogen) atoms. The Morgan fingerprint density at radius 2 is 1.76 bits per heavy atom. The number of carbonyl (C=O) groups is 1. The van der Waals surface area contributed by atoms with Gasteiger partial charge in [-0.15, -0.1) is 0 Å². The highest BCUT2D eigenvalue weighted by Gasteiger charge is 2.13. The molecule has 0 radical (unpaired) electrons. The summed E-state index contributed by atoms with van der Waals surface area (Å²) in [6, 6.07) is 17.0. The second kappa shape index (κ2) is 9.81. The minimum Gasteiger partial charge on any atom is -0.492 e. The van der Waals surface area contributed by atoms with Gasteiger partial charge in [0.25, 0.3) is 0 Å². The van der Waals surface area contributed by atoms with Gasteiger partial charge in [0.05, 0.1) is 6.04 Å². The molecule has 5 nitrogen and oxygen atoms in total. The van der Waals surface area contributed by atoms with Crippen molar-refractivity contribution in [2.45, 2.75) is 19.0 Å². The third-order valence-corrected chi connectivity index (χ3v) is 3.83. The van der Waals surface area contributed by atoms with E-state index in [9.17, 15) is 4.79 Å². The van der Waals surface area contributed by atoms with E-state index in [-0.39, 0.29) is 5.91 Å². The average Bonchev–Trinajstić information content (AvgIpc) is 2.61. The maximum absolute atomic E-state index is 12.1. The Bertz CT molecular complexity index is 642. The van der Waals surface area contributed by atoms with Gasteiger partial charge in [0.2, 0.25) is 5.91 Å². The maximum atomic E-state index is 12.1. The molecule has 134 valence electrons. The van der Waals surface area contributed by atoms with Crippen LogP contribution in [0.3, 0.4) is 0 Å². The number of amides is 1. The smallest absolute Gasteiger partial charge is 0.237 e. The number of hydrogen-bond acceptors (Lipinski definition) is 4. The summed E-state index contributed by atoms with van der Waals surface area (Å²) in [6.45, 7) is 1.98. The summed E-state index contributed by atoms with van der Waals surface area (Å²) in [4.78, 5) is 14.2. The zero-order chi connectivity index (χ0) is 18.1. The standard InChI is InChI=1S/C20H27N3O2/c1-23(2)12-13-25-18-10-8-17(9-11-18)15-22-20(24)19(21)14-16-6-4-3-5-7-16/h3-11,19H,12-15,21H2,1-2H3,(H,22,24). The van der Waals surface area contributed by atoms with Crippen LogP contribution in [0.15, 0.2) is 54.6 Å². The van der Waals surface area contributed by atoms with E-state index >= 15 is 0 Å². The number of benzene rings is 2. The number of ether oxygens (including phenoxy) is 1. The lowest BCUT2D eigenvalue weighted by Gasteiger charge is -2.13. The van der Waals surface area contributed by atoms with E-state index in [1.54, 1.807) is 0 Å². The molecular formula is C20H27N3O2. The molecule has 2 aromatic rings.